The molecule has 14 heteroatoms. The molecule has 0 amide bonds. The number of carbonyl (C=O) groups is 2. The standard InChI is InChI=1S/C19H16ClF6N3O4/c20-12-2-1-8-9(3-4-27-7-11(8)10(17(32)33)5-15(30)31)16(12)29-14(19(24,25)26)6-13(28-29)18(21,22)23/h1-2,6,10-11,27H,3-5,7H2,(H,30,31)(H,32,33). The number of hydrogen-bond acceptors (Lipinski definition) is 4. The van der Waals surface area contributed by atoms with Crippen molar-refractivity contribution in [3.8, 4) is 5.69 Å². The average molecular weight is 500 g/mol. The minimum absolute atomic E-state index is 0.0142. The van der Waals surface area contributed by atoms with Crippen LogP contribution in [0.4, 0.5) is 26.3 Å². The number of fused-ring (bicyclic) bond motifs is 1. The second kappa shape index (κ2) is 8.86. The number of hydrogen-bond donors (Lipinski definition) is 3. The molecule has 2 unspecified atom stereocenters. The molecule has 1 aromatic carbocycles. The van der Waals surface area contributed by atoms with Crippen LogP contribution in [0.1, 0.15) is 34.9 Å². The first-order valence-electron chi connectivity index (χ1n) is 9.43. The third kappa shape index (κ3) is 5.08. The average Bonchev–Trinajstić information content (AvgIpc) is 3.03. The number of carboxylic acids is 2. The number of carboxylic acid groups (broad SMARTS) is 2. The van der Waals surface area contributed by atoms with E-state index in [-0.39, 0.29) is 46.4 Å². The number of aromatic nitrogens is 2. The molecule has 0 fully saturated rings. The predicted molar refractivity (Wildman–Crippen MR) is 101 cm³/mol. The van der Waals surface area contributed by atoms with Gasteiger partial charge in [-0.1, -0.05) is 17.7 Å². The van der Waals surface area contributed by atoms with E-state index in [4.69, 9.17) is 16.7 Å². The van der Waals surface area contributed by atoms with Gasteiger partial charge in [-0.25, -0.2) is 4.68 Å². The number of rotatable bonds is 5. The van der Waals surface area contributed by atoms with Gasteiger partial charge in [-0.15, -0.1) is 0 Å². The fraction of sp³-hybridized carbons (Fsp3) is 0.421. The van der Waals surface area contributed by atoms with Gasteiger partial charge in [0.15, 0.2) is 5.69 Å². The molecule has 0 bridgehead atoms. The molecule has 7 nitrogen and oxygen atoms in total. The first kappa shape index (κ1) is 24.8. The summed E-state index contributed by atoms with van der Waals surface area (Å²) in [7, 11) is 0. The van der Waals surface area contributed by atoms with Crippen LogP contribution in [0.15, 0.2) is 18.2 Å². The highest BCUT2D eigenvalue weighted by atomic mass is 35.5. The van der Waals surface area contributed by atoms with E-state index in [0.717, 1.165) is 6.07 Å². The van der Waals surface area contributed by atoms with Gasteiger partial charge in [0.05, 0.1) is 23.0 Å². The van der Waals surface area contributed by atoms with E-state index in [2.05, 4.69) is 10.4 Å². The molecule has 1 aliphatic rings. The van der Waals surface area contributed by atoms with Crippen molar-refractivity contribution in [3.63, 3.8) is 0 Å². The molecule has 2 aromatic rings. The summed E-state index contributed by atoms with van der Waals surface area (Å²) in [4.78, 5) is 23.0. The first-order chi connectivity index (χ1) is 15.2. The van der Waals surface area contributed by atoms with Crippen LogP contribution in [0, 0.1) is 5.92 Å². The zero-order valence-corrected chi connectivity index (χ0v) is 17.2. The fourth-order valence-electron chi connectivity index (χ4n) is 3.88. The van der Waals surface area contributed by atoms with E-state index in [1.807, 2.05) is 0 Å². The molecule has 3 rings (SSSR count). The largest absolute Gasteiger partial charge is 0.481 e. The van der Waals surface area contributed by atoms with Gasteiger partial charge in [-0.3, -0.25) is 9.59 Å². The normalized spacial score (nSPS) is 17.8. The van der Waals surface area contributed by atoms with Crippen molar-refractivity contribution in [2.45, 2.75) is 31.1 Å². The van der Waals surface area contributed by atoms with E-state index < -0.39 is 59.6 Å². The molecule has 2 atom stereocenters. The number of nitrogens with one attached hydrogen (secondary N) is 1. The van der Waals surface area contributed by atoms with E-state index >= 15 is 0 Å². The molecule has 0 aliphatic carbocycles. The molecular formula is C19H16ClF6N3O4. The van der Waals surface area contributed by atoms with Crippen molar-refractivity contribution in [3.05, 3.63) is 45.7 Å². The van der Waals surface area contributed by atoms with Gasteiger partial charge in [-0.05, 0) is 30.2 Å². The minimum atomic E-state index is -5.21. The Morgan fingerprint density at radius 2 is 1.85 bits per heavy atom. The quantitative estimate of drug-likeness (QED) is 0.538. The molecule has 0 radical (unpaired) electrons. The second-order valence-corrected chi connectivity index (χ2v) is 7.80. The number of alkyl halides is 6. The van der Waals surface area contributed by atoms with Gasteiger partial charge in [0, 0.05) is 18.5 Å². The highest BCUT2D eigenvalue weighted by Crippen LogP contribution is 2.41. The zero-order chi connectivity index (χ0) is 24.7. The first-order valence-corrected chi connectivity index (χ1v) is 9.81. The lowest BCUT2D eigenvalue weighted by molar-refractivity contribution is -0.149. The molecule has 0 saturated heterocycles. The Morgan fingerprint density at radius 1 is 1.18 bits per heavy atom. The number of halogens is 7. The Kier molecular flexibility index (Phi) is 6.67. The van der Waals surface area contributed by atoms with Crippen LogP contribution in [0.3, 0.4) is 0 Å². The van der Waals surface area contributed by atoms with Gasteiger partial charge in [0.2, 0.25) is 0 Å². The summed E-state index contributed by atoms with van der Waals surface area (Å²) in [6.45, 7) is 0.113. The third-order valence-electron chi connectivity index (χ3n) is 5.28. The molecular weight excluding hydrogens is 484 g/mol. The summed E-state index contributed by atoms with van der Waals surface area (Å²) >= 11 is 6.13. The minimum Gasteiger partial charge on any atom is -0.481 e. The summed E-state index contributed by atoms with van der Waals surface area (Å²) < 4.78 is 80.4. The van der Waals surface area contributed by atoms with Crippen molar-refractivity contribution >= 4 is 23.5 Å². The Labute approximate surface area is 186 Å². The number of benzene rings is 1. The van der Waals surface area contributed by atoms with Crippen LogP contribution >= 0.6 is 11.6 Å². The predicted octanol–water partition coefficient (Wildman–Crippen LogP) is 3.97. The molecule has 0 spiro atoms. The molecule has 0 saturated carbocycles. The van der Waals surface area contributed by atoms with Gasteiger partial charge in [0.1, 0.15) is 5.69 Å². The maximum Gasteiger partial charge on any atom is 0.435 e. The summed E-state index contributed by atoms with van der Waals surface area (Å²) in [5, 5.41) is 24.4. The van der Waals surface area contributed by atoms with Gasteiger partial charge in [-0.2, -0.15) is 31.4 Å². The smallest absolute Gasteiger partial charge is 0.435 e. The monoisotopic (exact) mass is 499 g/mol. The van der Waals surface area contributed by atoms with Gasteiger partial charge < -0.3 is 15.5 Å². The Morgan fingerprint density at radius 3 is 2.39 bits per heavy atom. The lowest BCUT2D eigenvalue weighted by Crippen LogP contribution is -2.31. The SMILES string of the molecule is O=C(O)CC(C(=O)O)C1CNCCc2c1ccc(Cl)c2-n1nc(C(F)(F)F)cc1C(F)(F)F. The maximum atomic E-state index is 13.6. The molecule has 33 heavy (non-hydrogen) atoms. The van der Waals surface area contributed by atoms with E-state index in [0.29, 0.717) is 0 Å². The van der Waals surface area contributed by atoms with Crippen LogP contribution in [0.2, 0.25) is 5.02 Å². The molecule has 1 aromatic heterocycles. The van der Waals surface area contributed by atoms with Crippen LogP contribution in [0.25, 0.3) is 5.69 Å². The number of aliphatic carboxylic acids is 2. The third-order valence-corrected chi connectivity index (χ3v) is 5.59. The zero-order valence-electron chi connectivity index (χ0n) is 16.5. The van der Waals surface area contributed by atoms with Gasteiger partial charge in [0.25, 0.3) is 0 Å². The summed E-state index contributed by atoms with van der Waals surface area (Å²) in [5.41, 5.74) is -3.73. The van der Waals surface area contributed by atoms with Crippen molar-refractivity contribution in [2.24, 2.45) is 5.92 Å². The molecule has 1 aliphatic heterocycles. The Hall–Kier alpha value is -2.80. The topological polar surface area (TPSA) is 104 Å². The molecule has 180 valence electrons. The fourth-order valence-corrected chi connectivity index (χ4v) is 4.14. The van der Waals surface area contributed by atoms with E-state index in [1.54, 1.807) is 0 Å². The Balaban J connectivity index is 2.28. The highest BCUT2D eigenvalue weighted by Gasteiger charge is 2.43. The summed E-state index contributed by atoms with van der Waals surface area (Å²) in [6, 6.07) is 2.34. The van der Waals surface area contributed by atoms with Crippen LogP contribution in [-0.4, -0.2) is 45.0 Å². The van der Waals surface area contributed by atoms with Crippen molar-refractivity contribution in [2.75, 3.05) is 13.1 Å². The van der Waals surface area contributed by atoms with Crippen molar-refractivity contribution < 1.29 is 46.1 Å². The van der Waals surface area contributed by atoms with Crippen LogP contribution in [-0.2, 0) is 28.4 Å². The lowest BCUT2D eigenvalue weighted by atomic mass is 9.81. The number of nitrogens with zero attached hydrogens (tertiary/aromatic N) is 2. The molecule has 2 heterocycles. The lowest BCUT2D eigenvalue weighted by Gasteiger charge is -2.25. The van der Waals surface area contributed by atoms with Crippen LogP contribution in [0.5, 0.6) is 0 Å². The van der Waals surface area contributed by atoms with Gasteiger partial charge >= 0.3 is 24.3 Å². The second-order valence-electron chi connectivity index (χ2n) is 7.39. The van der Waals surface area contributed by atoms with Crippen LogP contribution < -0.4 is 5.32 Å². The van der Waals surface area contributed by atoms with Crippen molar-refractivity contribution in [1.29, 1.82) is 0 Å². The summed E-state index contributed by atoms with van der Waals surface area (Å²) in [5.74, 6) is -5.29. The van der Waals surface area contributed by atoms with Crippen molar-refractivity contribution in [1.82, 2.24) is 15.1 Å². The van der Waals surface area contributed by atoms with E-state index in [9.17, 15) is 41.0 Å². The molecule has 3 N–H and O–H groups in total. The maximum absolute atomic E-state index is 13.6. The Bertz CT molecular complexity index is 1080. The summed E-state index contributed by atoms with van der Waals surface area (Å²) in [6.07, 6.45) is -11.2. The highest BCUT2D eigenvalue weighted by molar-refractivity contribution is 6.32. The van der Waals surface area contributed by atoms with E-state index in [1.165, 1.54) is 6.07 Å².